The summed E-state index contributed by atoms with van der Waals surface area (Å²) in [7, 11) is 0. The van der Waals surface area contributed by atoms with Crippen LogP contribution in [-0.4, -0.2) is 32.3 Å². The lowest BCUT2D eigenvalue weighted by Gasteiger charge is -2.28. The van der Waals surface area contributed by atoms with Gasteiger partial charge in [0.2, 0.25) is 0 Å². The van der Waals surface area contributed by atoms with Gasteiger partial charge in [-0.1, -0.05) is 19.9 Å². The third-order valence-corrected chi connectivity index (χ3v) is 3.08. The Hall–Kier alpha value is -1.88. The highest BCUT2D eigenvalue weighted by Gasteiger charge is 2.35. The van der Waals surface area contributed by atoms with E-state index in [9.17, 15) is 9.90 Å². The zero-order valence-corrected chi connectivity index (χ0v) is 9.64. The fourth-order valence-electron chi connectivity index (χ4n) is 1.80. The van der Waals surface area contributed by atoms with Crippen LogP contribution in [0.4, 0.5) is 0 Å². The Morgan fingerprint density at radius 2 is 2.18 bits per heavy atom. The third kappa shape index (κ3) is 1.89. The number of rotatable bonds is 3. The standard InChI is InChI=1S/C12H14N2O3/c1-12(2,10(15)11(16)17)7-3-4-8-9(5-7)14-6-13-8/h3-6,10,15H,1-2H3,(H,13,14)(H,16,17). The summed E-state index contributed by atoms with van der Waals surface area (Å²) in [6, 6.07) is 5.40. The van der Waals surface area contributed by atoms with E-state index in [1.807, 2.05) is 6.07 Å². The molecule has 0 saturated heterocycles. The Kier molecular flexibility index (Phi) is 2.63. The predicted molar refractivity (Wildman–Crippen MR) is 62.8 cm³/mol. The molecule has 1 aromatic heterocycles. The van der Waals surface area contributed by atoms with Gasteiger partial charge in [0.05, 0.1) is 17.4 Å². The number of imidazole rings is 1. The number of carboxylic acid groups (broad SMARTS) is 1. The van der Waals surface area contributed by atoms with Crippen molar-refractivity contribution in [1.82, 2.24) is 9.97 Å². The van der Waals surface area contributed by atoms with E-state index in [0.29, 0.717) is 0 Å². The number of carboxylic acids is 1. The summed E-state index contributed by atoms with van der Waals surface area (Å²) < 4.78 is 0. The van der Waals surface area contributed by atoms with E-state index in [1.54, 1.807) is 32.3 Å². The summed E-state index contributed by atoms with van der Waals surface area (Å²) in [5, 5.41) is 18.6. The van der Waals surface area contributed by atoms with Crippen LogP contribution >= 0.6 is 0 Å². The molecule has 0 spiro atoms. The molecule has 0 fully saturated rings. The molecule has 5 nitrogen and oxygen atoms in total. The average Bonchev–Trinajstić information content (AvgIpc) is 2.74. The maximum atomic E-state index is 10.9. The number of benzene rings is 1. The lowest BCUT2D eigenvalue weighted by atomic mass is 9.79. The molecule has 2 rings (SSSR count). The number of H-pyrrole nitrogens is 1. The van der Waals surface area contributed by atoms with E-state index in [-0.39, 0.29) is 0 Å². The minimum absolute atomic E-state index is 0.754. The normalized spacial score (nSPS) is 13.8. The summed E-state index contributed by atoms with van der Waals surface area (Å²) in [5.41, 5.74) is 1.54. The van der Waals surface area contributed by atoms with Gasteiger partial charge in [0, 0.05) is 5.41 Å². The molecule has 1 heterocycles. The molecule has 90 valence electrons. The van der Waals surface area contributed by atoms with Gasteiger partial charge in [-0.2, -0.15) is 0 Å². The van der Waals surface area contributed by atoms with Crippen LogP contribution in [0.3, 0.4) is 0 Å². The number of carbonyl (C=O) groups is 1. The largest absolute Gasteiger partial charge is 0.479 e. The average molecular weight is 234 g/mol. The van der Waals surface area contributed by atoms with Gasteiger partial charge in [0.25, 0.3) is 0 Å². The Morgan fingerprint density at radius 3 is 2.82 bits per heavy atom. The number of aromatic nitrogens is 2. The lowest BCUT2D eigenvalue weighted by molar-refractivity contribution is -0.150. The molecule has 3 N–H and O–H groups in total. The highest BCUT2D eigenvalue weighted by atomic mass is 16.4. The molecule has 1 aromatic carbocycles. The molecule has 0 bridgehead atoms. The zero-order chi connectivity index (χ0) is 12.6. The molecule has 17 heavy (non-hydrogen) atoms. The van der Waals surface area contributed by atoms with Gasteiger partial charge >= 0.3 is 5.97 Å². The van der Waals surface area contributed by atoms with Crippen molar-refractivity contribution in [3.8, 4) is 0 Å². The molecule has 0 radical (unpaired) electrons. The van der Waals surface area contributed by atoms with Crippen molar-refractivity contribution in [3.63, 3.8) is 0 Å². The van der Waals surface area contributed by atoms with Crippen LogP contribution in [0.15, 0.2) is 24.5 Å². The first-order valence-electron chi connectivity index (χ1n) is 5.27. The minimum atomic E-state index is -1.44. The van der Waals surface area contributed by atoms with Crippen molar-refractivity contribution in [1.29, 1.82) is 0 Å². The predicted octanol–water partition coefficient (Wildman–Crippen LogP) is 1.29. The van der Waals surface area contributed by atoms with E-state index in [2.05, 4.69) is 9.97 Å². The topological polar surface area (TPSA) is 86.2 Å². The first-order valence-corrected chi connectivity index (χ1v) is 5.27. The Bertz CT molecular complexity index is 560. The number of aromatic amines is 1. The number of hydrogen-bond donors (Lipinski definition) is 3. The van der Waals surface area contributed by atoms with Crippen molar-refractivity contribution >= 4 is 17.0 Å². The summed E-state index contributed by atoms with van der Waals surface area (Å²) in [6.07, 6.45) is 0.137. The zero-order valence-electron chi connectivity index (χ0n) is 9.64. The Balaban J connectivity index is 2.47. The van der Waals surface area contributed by atoms with Crippen LogP contribution < -0.4 is 0 Å². The van der Waals surface area contributed by atoms with Crippen LogP contribution in [0.25, 0.3) is 11.0 Å². The molecular formula is C12H14N2O3. The molecule has 2 aromatic rings. The number of nitrogens with zero attached hydrogens (tertiary/aromatic N) is 1. The van der Waals surface area contributed by atoms with E-state index < -0.39 is 17.5 Å². The molecule has 1 atom stereocenters. The second-order valence-electron chi connectivity index (χ2n) is 4.60. The molecule has 0 amide bonds. The van der Waals surface area contributed by atoms with Crippen molar-refractivity contribution < 1.29 is 15.0 Å². The highest BCUT2D eigenvalue weighted by Crippen LogP contribution is 2.29. The van der Waals surface area contributed by atoms with Gasteiger partial charge in [-0.3, -0.25) is 0 Å². The summed E-state index contributed by atoms with van der Waals surface area (Å²) in [4.78, 5) is 17.9. The maximum absolute atomic E-state index is 10.9. The SMILES string of the molecule is CC(C)(c1ccc2nc[nH]c2c1)C(O)C(=O)O. The fraction of sp³-hybridized carbons (Fsp3) is 0.333. The molecule has 0 saturated carbocycles. The smallest absolute Gasteiger partial charge is 0.333 e. The monoisotopic (exact) mass is 234 g/mol. The number of aliphatic hydroxyl groups excluding tert-OH is 1. The second kappa shape index (κ2) is 3.85. The summed E-state index contributed by atoms with van der Waals surface area (Å²) >= 11 is 0. The fourth-order valence-corrected chi connectivity index (χ4v) is 1.80. The summed E-state index contributed by atoms with van der Waals surface area (Å²) in [5.74, 6) is -1.22. The van der Waals surface area contributed by atoms with Crippen molar-refractivity contribution in [2.75, 3.05) is 0 Å². The molecule has 5 heteroatoms. The van der Waals surface area contributed by atoms with Crippen LogP contribution in [-0.2, 0) is 10.2 Å². The molecule has 0 aliphatic heterocycles. The van der Waals surface area contributed by atoms with Crippen LogP contribution in [0.5, 0.6) is 0 Å². The minimum Gasteiger partial charge on any atom is -0.479 e. The first-order chi connectivity index (χ1) is 7.93. The number of fused-ring (bicyclic) bond motifs is 1. The van der Waals surface area contributed by atoms with E-state index in [4.69, 9.17) is 5.11 Å². The van der Waals surface area contributed by atoms with Gasteiger partial charge in [-0.15, -0.1) is 0 Å². The van der Waals surface area contributed by atoms with Gasteiger partial charge in [0.15, 0.2) is 6.10 Å². The van der Waals surface area contributed by atoms with Crippen LogP contribution in [0, 0.1) is 0 Å². The van der Waals surface area contributed by atoms with E-state index >= 15 is 0 Å². The van der Waals surface area contributed by atoms with E-state index in [1.165, 1.54) is 0 Å². The summed E-state index contributed by atoms with van der Waals surface area (Å²) in [6.45, 7) is 3.40. The van der Waals surface area contributed by atoms with E-state index in [0.717, 1.165) is 16.6 Å². The molecule has 0 aliphatic rings. The van der Waals surface area contributed by atoms with Crippen molar-refractivity contribution in [2.24, 2.45) is 0 Å². The number of aliphatic carboxylic acids is 1. The van der Waals surface area contributed by atoms with Crippen LogP contribution in [0.2, 0.25) is 0 Å². The Labute approximate surface area is 98.1 Å². The van der Waals surface area contributed by atoms with Gasteiger partial charge in [0.1, 0.15) is 0 Å². The van der Waals surface area contributed by atoms with Gasteiger partial charge in [-0.25, -0.2) is 9.78 Å². The van der Waals surface area contributed by atoms with Gasteiger partial charge < -0.3 is 15.2 Å². The van der Waals surface area contributed by atoms with Crippen LogP contribution in [0.1, 0.15) is 19.4 Å². The molecule has 1 unspecified atom stereocenters. The number of hydrogen-bond acceptors (Lipinski definition) is 3. The number of nitrogens with one attached hydrogen (secondary N) is 1. The molecule has 0 aliphatic carbocycles. The third-order valence-electron chi connectivity index (χ3n) is 3.08. The number of aliphatic hydroxyl groups is 1. The quantitative estimate of drug-likeness (QED) is 0.746. The first kappa shape index (κ1) is 11.6. The van der Waals surface area contributed by atoms with Crippen molar-refractivity contribution in [3.05, 3.63) is 30.1 Å². The Morgan fingerprint density at radius 1 is 1.47 bits per heavy atom. The van der Waals surface area contributed by atoms with Gasteiger partial charge in [-0.05, 0) is 17.7 Å². The van der Waals surface area contributed by atoms with Crippen molar-refractivity contribution in [2.45, 2.75) is 25.4 Å². The second-order valence-corrected chi connectivity index (χ2v) is 4.60. The molecular weight excluding hydrogens is 220 g/mol. The lowest BCUT2D eigenvalue weighted by Crippen LogP contribution is -2.39. The highest BCUT2D eigenvalue weighted by molar-refractivity contribution is 5.77. The maximum Gasteiger partial charge on any atom is 0.333 e.